The first-order chi connectivity index (χ1) is 6.40. The predicted octanol–water partition coefficient (Wildman–Crippen LogP) is -1.73. The molecule has 0 saturated heterocycles. The standard InChI is InChI=1S/C7H15NO5S/c1-3-8(14(12)13)4-5(2)6(9)7(10)11/h3,5-7,9-11,14H,1,4H2,2H3/t5-,6?/m1/s1. The van der Waals surface area contributed by atoms with Crippen LogP contribution in [0.3, 0.4) is 0 Å². The van der Waals surface area contributed by atoms with Crippen molar-refractivity contribution in [1.82, 2.24) is 4.31 Å². The minimum absolute atomic E-state index is 0.0407. The molecular weight excluding hydrogens is 210 g/mol. The molecule has 0 rings (SSSR count). The van der Waals surface area contributed by atoms with Crippen molar-refractivity contribution < 1.29 is 23.7 Å². The van der Waals surface area contributed by atoms with Gasteiger partial charge in [-0.05, 0) is 0 Å². The van der Waals surface area contributed by atoms with Crippen molar-refractivity contribution in [2.75, 3.05) is 6.54 Å². The molecule has 6 nitrogen and oxygen atoms in total. The summed E-state index contributed by atoms with van der Waals surface area (Å²) in [5.41, 5.74) is 0. The van der Waals surface area contributed by atoms with Gasteiger partial charge in [0.05, 0.1) is 0 Å². The Kier molecular flexibility index (Phi) is 5.70. The number of hydrogen-bond acceptors (Lipinski definition) is 5. The van der Waals surface area contributed by atoms with Gasteiger partial charge >= 0.3 is 0 Å². The second-order valence-electron chi connectivity index (χ2n) is 2.92. The predicted molar refractivity (Wildman–Crippen MR) is 50.6 cm³/mol. The van der Waals surface area contributed by atoms with Gasteiger partial charge in [-0.1, -0.05) is 13.5 Å². The molecule has 0 aliphatic carbocycles. The van der Waals surface area contributed by atoms with Gasteiger partial charge in [-0.2, -0.15) is 0 Å². The minimum atomic E-state index is -2.80. The highest BCUT2D eigenvalue weighted by atomic mass is 32.2. The molecule has 0 aromatic carbocycles. The zero-order chi connectivity index (χ0) is 11.3. The fourth-order valence-corrected chi connectivity index (χ4v) is 1.43. The van der Waals surface area contributed by atoms with Crippen molar-refractivity contribution in [3.63, 3.8) is 0 Å². The molecule has 0 bridgehead atoms. The molecule has 0 saturated carbocycles. The lowest BCUT2D eigenvalue weighted by Gasteiger charge is -2.23. The normalized spacial score (nSPS) is 15.6. The van der Waals surface area contributed by atoms with Crippen molar-refractivity contribution in [3.05, 3.63) is 12.8 Å². The fraction of sp³-hybridized carbons (Fsp3) is 0.714. The molecule has 0 fully saturated rings. The molecule has 0 heterocycles. The van der Waals surface area contributed by atoms with Crippen LogP contribution in [-0.2, 0) is 10.9 Å². The Balaban J connectivity index is 4.28. The van der Waals surface area contributed by atoms with Gasteiger partial charge in [-0.25, -0.2) is 8.42 Å². The van der Waals surface area contributed by atoms with E-state index >= 15 is 0 Å². The smallest absolute Gasteiger partial charge is 0.224 e. The first-order valence-corrected chi connectivity index (χ1v) is 5.10. The van der Waals surface area contributed by atoms with E-state index in [1.807, 2.05) is 0 Å². The first kappa shape index (κ1) is 13.4. The molecule has 84 valence electrons. The van der Waals surface area contributed by atoms with E-state index < -0.39 is 29.2 Å². The van der Waals surface area contributed by atoms with Crippen molar-refractivity contribution in [1.29, 1.82) is 0 Å². The Morgan fingerprint density at radius 2 is 1.93 bits per heavy atom. The molecule has 3 N–H and O–H groups in total. The molecule has 0 aliphatic rings. The summed E-state index contributed by atoms with van der Waals surface area (Å²) in [6, 6.07) is 0. The third-order valence-corrected chi connectivity index (χ3v) is 2.53. The Bertz CT molecular complexity index is 244. The van der Waals surface area contributed by atoms with Crippen LogP contribution in [0, 0.1) is 5.92 Å². The van der Waals surface area contributed by atoms with Gasteiger partial charge in [-0.15, -0.1) is 0 Å². The van der Waals surface area contributed by atoms with E-state index in [-0.39, 0.29) is 6.54 Å². The molecule has 0 radical (unpaired) electrons. The van der Waals surface area contributed by atoms with Crippen LogP contribution in [0.15, 0.2) is 12.8 Å². The highest BCUT2D eigenvalue weighted by Gasteiger charge is 2.22. The zero-order valence-electron chi connectivity index (χ0n) is 7.78. The average Bonchev–Trinajstić information content (AvgIpc) is 2.11. The monoisotopic (exact) mass is 225 g/mol. The molecule has 0 aromatic rings. The summed E-state index contributed by atoms with van der Waals surface area (Å²) in [5, 5.41) is 26.4. The summed E-state index contributed by atoms with van der Waals surface area (Å²) in [4.78, 5) is 0. The van der Waals surface area contributed by atoms with Gasteiger partial charge < -0.3 is 15.3 Å². The summed E-state index contributed by atoms with van der Waals surface area (Å²) < 4.78 is 22.0. The zero-order valence-corrected chi connectivity index (χ0v) is 8.67. The highest BCUT2D eigenvalue weighted by molar-refractivity contribution is 7.70. The highest BCUT2D eigenvalue weighted by Crippen LogP contribution is 2.08. The number of aliphatic hydroxyl groups is 3. The quantitative estimate of drug-likeness (QED) is 0.318. The van der Waals surface area contributed by atoms with Crippen LogP contribution in [0.2, 0.25) is 0 Å². The van der Waals surface area contributed by atoms with Crippen LogP contribution in [0.25, 0.3) is 0 Å². The molecule has 7 heteroatoms. The topological polar surface area (TPSA) is 98.1 Å². The lowest BCUT2D eigenvalue weighted by Crippen LogP contribution is -2.37. The van der Waals surface area contributed by atoms with E-state index in [4.69, 9.17) is 15.3 Å². The molecule has 1 unspecified atom stereocenters. The maximum absolute atomic E-state index is 10.5. The molecular formula is C7H15NO5S. The third kappa shape index (κ3) is 4.05. The van der Waals surface area contributed by atoms with Gasteiger partial charge in [0.25, 0.3) is 0 Å². The van der Waals surface area contributed by atoms with Crippen LogP contribution in [0.5, 0.6) is 0 Å². The Morgan fingerprint density at radius 3 is 2.21 bits per heavy atom. The summed E-state index contributed by atoms with van der Waals surface area (Å²) in [7, 11) is -2.80. The average molecular weight is 225 g/mol. The van der Waals surface area contributed by atoms with Crippen molar-refractivity contribution in [2.24, 2.45) is 5.92 Å². The number of aliphatic hydroxyl groups excluding tert-OH is 2. The van der Waals surface area contributed by atoms with Crippen LogP contribution in [-0.4, -0.2) is 47.0 Å². The summed E-state index contributed by atoms with van der Waals surface area (Å²) >= 11 is 0. The van der Waals surface area contributed by atoms with Crippen LogP contribution in [0.1, 0.15) is 6.92 Å². The molecule has 0 amide bonds. The number of thiol groups is 1. The van der Waals surface area contributed by atoms with Gasteiger partial charge in [-0.3, -0.25) is 4.31 Å². The SMILES string of the molecule is C=CN(C[C@@H](C)C(O)C(O)O)[SH](=O)=O. The summed E-state index contributed by atoms with van der Waals surface area (Å²) in [6.45, 7) is 4.73. The second kappa shape index (κ2) is 5.97. The fourth-order valence-electron chi connectivity index (χ4n) is 0.905. The van der Waals surface area contributed by atoms with Crippen LogP contribution >= 0.6 is 0 Å². The largest absolute Gasteiger partial charge is 0.387 e. The van der Waals surface area contributed by atoms with E-state index in [0.29, 0.717) is 0 Å². The molecule has 0 aromatic heterocycles. The van der Waals surface area contributed by atoms with Crippen LogP contribution in [0.4, 0.5) is 0 Å². The maximum atomic E-state index is 10.5. The van der Waals surface area contributed by atoms with Crippen molar-refractivity contribution in [2.45, 2.75) is 19.3 Å². The number of nitrogens with zero attached hydrogens (tertiary/aromatic N) is 1. The first-order valence-electron chi connectivity index (χ1n) is 3.97. The Labute approximate surface area is 84.2 Å². The Morgan fingerprint density at radius 1 is 1.43 bits per heavy atom. The van der Waals surface area contributed by atoms with E-state index in [1.54, 1.807) is 0 Å². The Hall–Kier alpha value is -0.630. The number of hydrogen-bond donors (Lipinski definition) is 4. The third-order valence-electron chi connectivity index (χ3n) is 1.78. The summed E-state index contributed by atoms with van der Waals surface area (Å²) in [5.74, 6) is -0.596. The summed E-state index contributed by atoms with van der Waals surface area (Å²) in [6.07, 6.45) is -2.16. The van der Waals surface area contributed by atoms with Crippen LogP contribution < -0.4 is 0 Å². The lowest BCUT2D eigenvalue weighted by atomic mass is 10.1. The minimum Gasteiger partial charge on any atom is -0.387 e. The lowest BCUT2D eigenvalue weighted by molar-refractivity contribution is -0.138. The second-order valence-corrected chi connectivity index (χ2v) is 3.91. The molecule has 2 atom stereocenters. The molecule has 0 aliphatic heterocycles. The van der Waals surface area contributed by atoms with Crippen molar-refractivity contribution >= 4 is 10.9 Å². The van der Waals surface area contributed by atoms with E-state index in [0.717, 1.165) is 10.5 Å². The van der Waals surface area contributed by atoms with E-state index in [1.165, 1.54) is 6.92 Å². The van der Waals surface area contributed by atoms with Gasteiger partial charge in [0, 0.05) is 18.7 Å². The van der Waals surface area contributed by atoms with E-state index in [9.17, 15) is 8.42 Å². The van der Waals surface area contributed by atoms with Crippen molar-refractivity contribution in [3.8, 4) is 0 Å². The number of rotatable bonds is 6. The van der Waals surface area contributed by atoms with Gasteiger partial charge in [0.2, 0.25) is 10.9 Å². The molecule has 14 heavy (non-hydrogen) atoms. The van der Waals surface area contributed by atoms with Gasteiger partial charge in [0.15, 0.2) is 6.29 Å². The molecule has 0 spiro atoms. The van der Waals surface area contributed by atoms with E-state index in [2.05, 4.69) is 6.58 Å². The maximum Gasteiger partial charge on any atom is 0.224 e. The van der Waals surface area contributed by atoms with Gasteiger partial charge in [0.1, 0.15) is 6.10 Å².